The van der Waals surface area contributed by atoms with Crippen molar-refractivity contribution in [3.05, 3.63) is 65.1 Å². The Kier molecular flexibility index (Phi) is 7.50. The standard InChI is InChI=1S/C21H17F4N3OS.C2H6/c22-16-9-13(8-14-10-18(29)28-19(14)16)17-11-27-20(30-17)26-7-1-2-12-3-5-15(6-4-12)21(23,24)25;1-2/h3-6,8-9,11H,1-2,7,10H2,(H,26,27)(H,28,29);1-2H3. The lowest BCUT2D eigenvalue weighted by Gasteiger charge is -2.08. The van der Waals surface area contributed by atoms with Gasteiger partial charge in [-0.05, 0) is 53.8 Å². The number of carbonyl (C=O) groups is 1. The van der Waals surface area contributed by atoms with Gasteiger partial charge < -0.3 is 10.6 Å². The lowest BCUT2D eigenvalue weighted by Crippen LogP contribution is -2.05. The summed E-state index contributed by atoms with van der Waals surface area (Å²) in [6.07, 6.45) is -1.15. The molecule has 0 spiro atoms. The van der Waals surface area contributed by atoms with E-state index in [0.717, 1.165) is 29.0 Å². The Bertz CT molecular complexity index is 1080. The van der Waals surface area contributed by atoms with E-state index in [9.17, 15) is 22.4 Å². The van der Waals surface area contributed by atoms with E-state index in [2.05, 4.69) is 15.6 Å². The quantitative estimate of drug-likeness (QED) is 0.321. The number of aryl methyl sites for hydroxylation is 1. The smallest absolute Gasteiger partial charge is 0.361 e. The summed E-state index contributed by atoms with van der Waals surface area (Å²) in [5.41, 5.74) is 1.73. The highest BCUT2D eigenvalue weighted by atomic mass is 32.1. The molecule has 0 aliphatic carbocycles. The molecule has 1 aliphatic heterocycles. The summed E-state index contributed by atoms with van der Waals surface area (Å²) in [4.78, 5) is 16.5. The second-order valence-corrected chi connectivity index (χ2v) is 8.00. The summed E-state index contributed by atoms with van der Waals surface area (Å²) < 4.78 is 52.0. The number of alkyl halides is 3. The number of halogens is 4. The van der Waals surface area contributed by atoms with Gasteiger partial charge in [0, 0.05) is 12.7 Å². The summed E-state index contributed by atoms with van der Waals surface area (Å²) in [6, 6.07) is 8.34. The first-order valence-corrected chi connectivity index (χ1v) is 11.1. The van der Waals surface area contributed by atoms with Gasteiger partial charge in [-0.25, -0.2) is 9.37 Å². The van der Waals surface area contributed by atoms with Gasteiger partial charge in [0.1, 0.15) is 5.82 Å². The highest BCUT2D eigenvalue weighted by Gasteiger charge is 2.29. The number of thiazole rings is 1. The third-order valence-electron chi connectivity index (χ3n) is 4.78. The Morgan fingerprint density at radius 3 is 2.56 bits per heavy atom. The molecule has 1 aromatic heterocycles. The number of nitrogens with zero attached hydrogens (tertiary/aromatic N) is 1. The van der Waals surface area contributed by atoms with Gasteiger partial charge in [0.15, 0.2) is 5.13 Å². The third-order valence-corrected chi connectivity index (χ3v) is 5.78. The first-order valence-electron chi connectivity index (χ1n) is 10.3. The zero-order valence-electron chi connectivity index (χ0n) is 17.6. The van der Waals surface area contributed by atoms with Gasteiger partial charge in [-0.2, -0.15) is 13.2 Å². The van der Waals surface area contributed by atoms with Gasteiger partial charge in [0.2, 0.25) is 5.91 Å². The van der Waals surface area contributed by atoms with E-state index in [4.69, 9.17) is 0 Å². The molecule has 0 atom stereocenters. The van der Waals surface area contributed by atoms with Crippen molar-refractivity contribution < 1.29 is 22.4 Å². The topological polar surface area (TPSA) is 54.0 Å². The van der Waals surface area contributed by atoms with Crippen molar-refractivity contribution >= 4 is 28.1 Å². The van der Waals surface area contributed by atoms with Crippen LogP contribution in [0.3, 0.4) is 0 Å². The maximum atomic E-state index is 14.2. The summed E-state index contributed by atoms with van der Waals surface area (Å²) in [7, 11) is 0. The van der Waals surface area contributed by atoms with Crippen LogP contribution in [0.15, 0.2) is 42.6 Å². The number of anilines is 2. The molecule has 1 amide bonds. The maximum Gasteiger partial charge on any atom is 0.416 e. The van der Waals surface area contributed by atoms with Crippen LogP contribution in [0.25, 0.3) is 10.4 Å². The number of aromatic nitrogens is 1. The second-order valence-electron chi connectivity index (χ2n) is 6.97. The number of hydrogen-bond acceptors (Lipinski definition) is 4. The van der Waals surface area contributed by atoms with E-state index in [-0.39, 0.29) is 18.0 Å². The lowest BCUT2D eigenvalue weighted by atomic mass is 10.1. The largest absolute Gasteiger partial charge is 0.416 e. The lowest BCUT2D eigenvalue weighted by molar-refractivity contribution is -0.137. The van der Waals surface area contributed by atoms with Crippen molar-refractivity contribution in [3.8, 4) is 10.4 Å². The highest BCUT2D eigenvalue weighted by Crippen LogP contribution is 2.35. The Morgan fingerprint density at radius 1 is 1.16 bits per heavy atom. The maximum absolute atomic E-state index is 14.2. The van der Waals surface area contributed by atoms with Crippen molar-refractivity contribution in [2.75, 3.05) is 17.2 Å². The van der Waals surface area contributed by atoms with E-state index in [0.29, 0.717) is 29.2 Å². The molecule has 0 fully saturated rings. The molecule has 9 heteroatoms. The molecule has 4 nitrogen and oxygen atoms in total. The summed E-state index contributed by atoms with van der Waals surface area (Å²) in [5, 5.41) is 6.37. The average molecular weight is 466 g/mol. The Morgan fingerprint density at radius 2 is 1.88 bits per heavy atom. The van der Waals surface area contributed by atoms with Gasteiger partial charge >= 0.3 is 6.18 Å². The van der Waals surface area contributed by atoms with Crippen molar-refractivity contribution in [2.24, 2.45) is 0 Å². The number of rotatable bonds is 6. The molecule has 0 bridgehead atoms. The van der Waals surface area contributed by atoms with E-state index in [1.165, 1.54) is 29.5 Å². The van der Waals surface area contributed by atoms with Crippen LogP contribution in [0.4, 0.5) is 28.4 Å². The van der Waals surface area contributed by atoms with E-state index >= 15 is 0 Å². The van der Waals surface area contributed by atoms with E-state index < -0.39 is 17.6 Å². The van der Waals surface area contributed by atoms with Crippen molar-refractivity contribution in [1.82, 2.24) is 4.98 Å². The first-order chi connectivity index (χ1) is 15.3. The van der Waals surface area contributed by atoms with Crippen LogP contribution in [0.5, 0.6) is 0 Å². The fourth-order valence-electron chi connectivity index (χ4n) is 3.28. The molecule has 0 saturated carbocycles. The molecule has 2 heterocycles. The Balaban J connectivity index is 0.00000141. The number of amides is 1. The van der Waals surface area contributed by atoms with E-state index in [1.54, 1.807) is 12.3 Å². The summed E-state index contributed by atoms with van der Waals surface area (Å²) >= 11 is 1.37. The van der Waals surface area contributed by atoms with Gasteiger partial charge in [-0.3, -0.25) is 4.79 Å². The van der Waals surface area contributed by atoms with E-state index in [1.807, 2.05) is 13.8 Å². The molecule has 3 aromatic rings. The number of hydrogen-bond donors (Lipinski definition) is 2. The normalized spacial score (nSPS) is 12.6. The zero-order chi connectivity index (χ0) is 23.3. The van der Waals surface area contributed by atoms with Crippen molar-refractivity contribution in [1.29, 1.82) is 0 Å². The SMILES string of the molecule is CC.O=C1Cc2cc(-c3cnc(NCCCc4ccc(C(F)(F)F)cc4)s3)cc(F)c2N1. The molecular formula is C23H23F4N3OS. The minimum atomic E-state index is -4.32. The zero-order valence-corrected chi connectivity index (χ0v) is 18.5. The van der Waals surface area contributed by atoms with Crippen LogP contribution >= 0.6 is 11.3 Å². The minimum absolute atomic E-state index is 0.161. The predicted octanol–water partition coefficient (Wildman–Crippen LogP) is 6.53. The highest BCUT2D eigenvalue weighted by molar-refractivity contribution is 7.18. The molecule has 0 saturated heterocycles. The number of benzene rings is 2. The van der Waals surface area contributed by atoms with Crippen molar-refractivity contribution in [3.63, 3.8) is 0 Å². The Labute approximate surface area is 187 Å². The second kappa shape index (κ2) is 10.1. The Hall–Kier alpha value is -2.94. The molecule has 32 heavy (non-hydrogen) atoms. The van der Waals surface area contributed by atoms with Gasteiger partial charge in [0.05, 0.1) is 22.5 Å². The number of carbonyl (C=O) groups excluding carboxylic acids is 1. The molecule has 4 rings (SSSR count). The van der Waals surface area contributed by atoms with Gasteiger partial charge in [0.25, 0.3) is 0 Å². The predicted molar refractivity (Wildman–Crippen MR) is 119 cm³/mol. The van der Waals surface area contributed by atoms with Gasteiger partial charge in [-0.15, -0.1) is 0 Å². The number of fused-ring (bicyclic) bond motifs is 1. The third kappa shape index (κ3) is 5.64. The molecule has 1 aliphatic rings. The molecule has 0 radical (unpaired) electrons. The fourth-order valence-corrected chi connectivity index (χ4v) is 4.11. The summed E-state index contributed by atoms with van der Waals surface area (Å²) in [5.74, 6) is -0.687. The van der Waals surface area contributed by atoms with Crippen LogP contribution in [-0.2, 0) is 23.8 Å². The summed E-state index contributed by atoms with van der Waals surface area (Å²) in [6.45, 7) is 4.60. The fraction of sp³-hybridized carbons (Fsp3) is 0.304. The van der Waals surface area contributed by atoms with Crippen LogP contribution in [0, 0.1) is 5.82 Å². The molecule has 2 N–H and O–H groups in total. The average Bonchev–Trinajstić information content (AvgIpc) is 3.39. The molecule has 0 unspecified atom stereocenters. The minimum Gasteiger partial charge on any atom is -0.361 e. The van der Waals surface area contributed by atoms with Crippen LogP contribution in [0.2, 0.25) is 0 Å². The monoisotopic (exact) mass is 465 g/mol. The van der Waals surface area contributed by atoms with Crippen LogP contribution < -0.4 is 10.6 Å². The van der Waals surface area contributed by atoms with Gasteiger partial charge in [-0.1, -0.05) is 37.3 Å². The first kappa shape index (κ1) is 23.7. The van der Waals surface area contributed by atoms with Crippen LogP contribution in [-0.4, -0.2) is 17.4 Å². The number of nitrogens with one attached hydrogen (secondary N) is 2. The van der Waals surface area contributed by atoms with Crippen molar-refractivity contribution in [2.45, 2.75) is 39.3 Å². The van der Waals surface area contributed by atoms with Crippen LogP contribution in [0.1, 0.15) is 37.0 Å². The molecule has 170 valence electrons. The molecule has 2 aromatic carbocycles. The molecular weight excluding hydrogens is 442 g/mol.